The largest absolute Gasteiger partial charge is 0.366 e. The molecule has 0 aliphatic carbocycles. The molecule has 0 spiro atoms. The molecule has 0 saturated heterocycles. The second kappa shape index (κ2) is 9.58. The van der Waals surface area contributed by atoms with Gasteiger partial charge in [-0.1, -0.05) is 30.3 Å². The molecule has 22 heavy (non-hydrogen) atoms. The summed E-state index contributed by atoms with van der Waals surface area (Å²) in [5.41, 5.74) is 12.9. The van der Waals surface area contributed by atoms with Crippen molar-refractivity contribution in [2.45, 2.75) is 13.0 Å². The maximum atomic E-state index is 11.1. The summed E-state index contributed by atoms with van der Waals surface area (Å²) in [6, 6.07) is 12.3. The molecular formula is C16H22ClN3OS. The number of rotatable bonds is 8. The number of thiophene rings is 1. The van der Waals surface area contributed by atoms with Crippen LogP contribution in [0.3, 0.4) is 0 Å². The number of hydrogen-bond donors (Lipinski definition) is 2. The maximum Gasteiger partial charge on any atom is 0.249 e. The van der Waals surface area contributed by atoms with Gasteiger partial charge in [-0.3, -0.25) is 9.69 Å². The van der Waals surface area contributed by atoms with Crippen LogP contribution in [0.2, 0.25) is 0 Å². The second-order valence-corrected chi connectivity index (χ2v) is 5.96. The van der Waals surface area contributed by atoms with Crippen molar-refractivity contribution in [2.24, 2.45) is 11.5 Å². The van der Waals surface area contributed by atoms with Crippen LogP contribution in [0.5, 0.6) is 0 Å². The monoisotopic (exact) mass is 339 g/mol. The molecule has 2 rings (SSSR count). The Hall–Kier alpha value is -1.40. The molecule has 0 radical (unpaired) electrons. The van der Waals surface area contributed by atoms with Gasteiger partial charge in [0.2, 0.25) is 5.91 Å². The molecule has 6 heteroatoms. The van der Waals surface area contributed by atoms with Crippen LogP contribution in [-0.4, -0.2) is 30.4 Å². The molecule has 0 fully saturated rings. The Bertz CT molecular complexity index is 574. The number of carbonyl (C=O) groups excluding carboxylic acids is 1. The fourth-order valence-corrected chi connectivity index (χ4v) is 3.11. The maximum absolute atomic E-state index is 11.1. The third-order valence-electron chi connectivity index (χ3n) is 3.32. The Morgan fingerprint density at radius 2 is 1.91 bits per heavy atom. The topological polar surface area (TPSA) is 72.3 Å². The highest BCUT2D eigenvalue weighted by molar-refractivity contribution is 7.10. The van der Waals surface area contributed by atoms with Crippen LogP contribution in [0.25, 0.3) is 0 Å². The summed E-state index contributed by atoms with van der Waals surface area (Å²) in [5.74, 6) is -0.368. The van der Waals surface area contributed by atoms with Gasteiger partial charge in [-0.05, 0) is 18.1 Å². The lowest BCUT2D eigenvalue weighted by Gasteiger charge is -2.20. The van der Waals surface area contributed by atoms with Gasteiger partial charge < -0.3 is 11.5 Å². The van der Waals surface area contributed by atoms with E-state index in [1.807, 2.05) is 17.5 Å². The van der Waals surface area contributed by atoms with E-state index in [9.17, 15) is 4.79 Å². The number of amides is 1. The summed E-state index contributed by atoms with van der Waals surface area (Å²) in [6.45, 7) is 3.23. The van der Waals surface area contributed by atoms with Gasteiger partial charge in [-0.2, -0.15) is 0 Å². The third kappa shape index (κ3) is 5.77. The van der Waals surface area contributed by atoms with Gasteiger partial charge in [0.15, 0.2) is 0 Å². The highest BCUT2D eigenvalue weighted by atomic mass is 35.5. The van der Waals surface area contributed by atoms with Crippen LogP contribution in [-0.2, 0) is 13.0 Å². The van der Waals surface area contributed by atoms with E-state index in [4.69, 9.17) is 11.5 Å². The summed E-state index contributed by atoms with van der Waals surface area (Å²) in [5, 5.41) is 1.81. The molecule has 0 aliphatic rings. The number of nitrogens with zero attached hydrogens (tertiary/aromatic N) is 1. The molecule has 1 aromatic carbocycles. The Kier molecular flexibility index (Phi) is 8.12. The van der Waals surface area contributed by atoms with E-state index in [2.05, 4.69) is 29.2 Å². The number of hydrogen-bond acceptors (Lipinski definition) is 4. The van der Waals surface area contributed by atoms with Gasteiger partial charge in [0.05, 0.1) is 5.56 Å². The van der Waals surface area contributed by atoms with E-state index in [0.717, 1.165) is 30.9 Å². The third-order valence-corrected chi connectivity index (χ3v) is 4.24. The SMILES string of the molecule is Cl.NCCN(CCc1ccccc1)Cc1cc(C(N)=O)cs1. The molecule has 1 heterocycles. The zero-order valence-electron chi connectivity index (χ0n) is 12.4. The molecule has 4 N–H and O–H groups in total. The van der Waals surface area contributed by atoms with Crippen LogP contribution >= 0.6 is 23.7 Å². The van der Waals surface area contributed by atoms with E-state index in [1.54, 1.807) is 11.3 Å². The number of nitrogens with two attached hydrogens (primary N) is 2. The van der Waals surface area contributed by atoms with Crippen molar-refractivity contribution < 1.29 is 4.79 Å². The Balaban J connectivity index is 0.00000242. The van der Waals surface area contributed by atoms with Crippen LogP contribution in [0, 0.1) is 0 Å². The van der Waals surface area contributed by atoms with E-state index >= 15 is 0 Å². The van der Waals surface area contributed by atoms with Crippen molar-refractivity contribution >= 4 is 29.7 Å². The van der Waals surface area contributed by atoms with E-state index in [1.165, 1.54) is 5.56 Å². The Morgan fingerprint density at radius 3 is 2.50 bits per heavy atom. The number of carbonyl (C=O) groups is 1. The van der Waals surface area contributed by atoms with Crippen molar-refractivity contribution in [1.29, 1.82) is 0 Å². The molecule has 1 aromatic heterocycles. The summed E-state index contributed by atoms with van der Waals surface area (Å²) < 4.78 is 0. The molecule has 0 atom stereocenters. The lowest BCUT2D eigenvalue weighted by Crippen LogP contribution is -2.30. The summed E-state index contributed by atoms with van der Waals surface area (Å²) in [7, 11) is 0. The second-order valence-electron chi connectivity index (χ2n) is 4.97. The highest BCUT2D eigenvalue weighted by Crippen LogP contribution is 2.16. The number of benzene rings is 1. The van der Waals surface area contributed by atoms with Crippen LogP contribution in [0.4, 0.5) is 0 Å². The van der Waals surface area contributed by atoms with Crippen molar-refractivity contribution in [3.63, 3.8) is 0 Å². The molecule has 0 aliphatic heterocycles. The molecular weight excluding hydrogens is 318 g/mol. The summed E-state index contributed by atoms with van der Waals surface area (Å²) in [6.07, 6.45) is 0.995. The molecule has 0 saturated carbocycles. The smallest absolute Gasteiger partial charge is 0.249 e. The first-order valence-electron chi connectivity index (χ1n) is 7.02. The molecule has 4 nitrogen and oxygen atoms in total. The average Bonchev–Trinajstić information content (AvgIpc) is 2.95. The number of halogens is 1. The summed E-state index contributed by atoms with van der Waals surface area (Å²) >= 11 is 1.57. The van der Waals surface area contributed by atoms with Crippen LogP contribution in [0.15, 0.2) is 41.8 Å². The van der Waals surface area contributed by atoms with Crippen molar-refractivity contribution in [3.8, 4) is 0 Å². The first kappa shape index (κ1) is 18.6. The van der Waals surface area contributed by atoms with Gasteiger partial charge in [-0.15, -0.1) is 23.7 Å². The van der Waals surface area contributed by atoms with Crippen molar-refractivity contribution in [3.05, 3.63) is 57.8 Å². The predicted molar refractivity (Wildman–Crippen MR) is 94.6 cm³/mol. The van der Waals surface area contributed by atoms with Crippen LogP contribution < -0.4 is 11.5 Å². The van der Waals surface area contributed by atoms with E-state index < -0.39 is 0 Å². The first-order chi connectivity index (χ1) is 10.2. The quantitative estimate of drug-likeness (QED) is 0.775. The normalized spacial score (nSPS) is 10.5. The van der Waals surface area contributed by atoms with E-state index in [0.29, 0.717) is 12.1 Å². The molecule has 2 aromatic rings. The standard InChI is InChI=1S/C16H21N3OS.ClH/c17-7-9-19(8-6-13-4-2-1-3-5-13)11-15-10-14(12-21-15)16(18)20;/h1-5,10,12H,6-9,11,17H2,(H2,18,20);1H. The highest BCUT2D eigenvalue weighted by Gasteiger charge is 2.09. The number of primary amides is 1. The van der Waals surface area contributed by atoms with Gasteiger partial charge in [0, 0.05) is 36.4 Å². The molecule has 0 bridgehead atoms. The Morgan fingerprint density at radius 1 is 1.18 bits per heavy atom. The van der Waals surface area contributed by atoms with Gasteiger partial charge in [0.25, 0.3) is 0 Å². The zero-order valence-corrected chi connectivity index (χ0v) is 14.0. The minimum atomic E-state index is -0.368. The molecule has 120 valence electrons. The Labute approximate surface area is 141 Å². The van der Waals surface area contributed by atoms with Crippen LogP contribution in [0.1, 0.15) is 20.8 Å². The van der Waals surface area contributed by atoms with E-state index in [-0.39, 0.29) is 18.3 Å². The zero-order chi connectivity index (χ0) is 15.1. The predicted octanol–water partition coefficient (Wildman–Crippen LogP) is 2.27. The summed E-state index contributed by atoms with van der Waals surface area (Å²) in [4.78, 5) is 14.6. The van der Waals surface area contributed by atoms with Crippen molar-refractivity contribution in [1.82, 2.24) is 4.90 Å². The molecule has 1 amide bonds. The first-order valence-corrected chi connectivity index (χ1v) is 7.90. The fraction of sp³-hybridized carbons (Fsp3) is 0.312. The fourth-order valence-electron chi connectivity index (χ4n) is 2.20. The van der Waals surface area contributed by atoms with Gasteiger partial charge >= 0.3 is 0 Å². The average molecular weight is 340 g/mol. The van der Waals surface area contributed by atoms with Gasteiger partial charge in [0.1, 0.15) is 0 Å². The minimum absolute atomic E-state index is 0. The van der Waals surface area contributed by atoms with Gasteiger partial charge in [-0.25, -0.2) is 0 Å². The lowest BCUT2D eigenvalue weighted by atomic mass is 10.1. The minimum Gasteiger partial charge on any atom is -0.366 e. The lowest BCUT2D eigenvalue weighted by molar-refractivity contribution is 0.100. The molecule has 0 unspecified atom stereocenters. The van der Waals surface area contributed by atoms with Crippen molar-refractivity contribution in [2.75, 3.05) is 19.6 Å².